The number of carbonyl (C=O) groups excluding carboxylic acids is 1. The summed E-state index contributed by atoms with van der Waals surface area (Å²) < 4.78 is 4.89. The number of rotatable bonds is 3. The topological polar surface area (TPSA) is 80.9 Å². The Kier molecular flexibility index (Phi) is 3.26. The minimum Gasteiger partial charge on any atom is -0.360 e. The van der Waals surface area contributed by atoms with Gasteiger partial charge in [-0.15, -0.1) is 11.3 Å². The summed E-state index contributed by atoms with van der Waals surface area (Å²) in [6.07, 6.45) is 3.38. The Hall–Kier alpha value is -2.54. The number of hydrogen-bond donors (Lipinski definition) is 1. The molecule has 20 heavy (non-hydrogen) atoms. The molecule has 0 radical (unpaired) electrons. The number of nitrogens with one attached hydrogen (secondary N) is 1. The number of amides is 1. The number of nitrogens with zero attached hydrogens (tertiary/aromatic N) is 3. The molecular formula is C13H10N4O2S. The fraction of sp³-hybridized carbons (Fsp3) is 0.0769. The van der Waals surface area contributed by atoms with Gasteiger partial charge in [0.15, 0.2) is 5.82 Å². The number of hydrogen-bond acceptors (Lipinski definition) is 6. The summed E-state index contributed by atoms with van der Waals surface area (Å²) in [4.78, 5) is 20.3. The monoisotopic (exact) mass is 286 g/mol. The largest absolute Gasteiger partial charge is 0.360 e. The molecule has 3 aromatic rings. The lowest BCUT2D eigenvalue weighted by atomic mass is 10.3. The van der Waals surface area contributed by atoms with Crippen LogP contribution in [0.15, 0.2) is 40.5 Å². The van der Waals surface area contributed by atoms with Gasteiger partial charge in [-0.1, -0.05) is 5.16 Å². The van der Waals surface area contributed by atoms with Crippen LogP contribution in [-0.2, 0) is 0 Å². The normalized spacial score (nSPS) is 10.4. The van der Waals surface area contributed by atoms with E-state index in [4.69, 9.17) is 4.52 Å². The van der Waals surface area contributed by atoms with E-state index in [9.17, 15) is 4.79 Å². The van der Waals surface area contributed by atoms with E-state index in [0.717, 1.165) is 10.6 Å². The first-order valence-electron chi connectivity index (χ1n) is 5.83. The standard InChI is InChI=1S/C13H10N4O2S/c1-8-6-11(17-19-8)16-12(18)10-7-20-13(15-10)9-2-4-14-5-3-9/h2-7H,1H3,(H,16,17,18). The fourth-order valence-corrected chi connectivity index (χ4v) is 2.42. The van der Waals surface area contributed by atoms with E-state index in [1.165, 1.54) is 11.3 Å². The predicted molar refractivity (Wildman–Crippen MR) is 74.5 cm³/mol. The molecule has 3 heterocycles. The number of pyridine rings is 1. The van der Waals surface area contributed by atoms with Gasteiger partial charge in [-0.25, -0.2) is 4.98 Å². The van der Waals surface area contributed by atoms with Crippen LogP contribution in [0.5, 0.6) is 0 Å². The van der Waals surface area contributed by atoms with Crippen molar-refractivity contribution in [3.05, 3.63) is 47.4 Å². The molecule has 3 rings (SSSR count). The van der Waals surface area contributed by atoms with Crippen LogP contribution in [0.4, 0.5) is 5.82 Å². The third-order valence-corrected chi connectivity index (χ3v) is 3.43. The fourth-order valence-electron chi connectivity index (χ4n) is 1.61. The molecule has 6 nitrogen and oxygen atoms in total. The SMILES string of the molecule is Cc1cc(NC(=O)c2csc(-c3ccncc3)n2)no1. The van der Waals surface area contributed by atoms with E-state index in [0.29, 0.717) is 17.3 Å². The first-order valence-corrected chi connectivity index (χ1v) is 6.71. The Labute approximate surface area is 118 Å². The van der Waals surface area contributed by atoms with Crippen molar-refractivity contribution in [2.24, 2.45) is 0 Å². The first kappa shape index (κ1) is 12.5. The van der Waals surface area contributed by atoms with Gasteiger partial charge >= 0.3 is 0 Å². The molecule has 100 valence electrons. The number of carbonyl (C=O) groups is 1. The Balaban J connectivity index is 1.78. The highest BCUT2D eigenvalue weighted by atomic mass is 32.1. The zero-order valence-corrected chi connectivity index (χ0v) is 11.3. The van der Waals surface area contributed by atoms with Gasteiger partial charge < -0.3 is 9.84 Å². The van der Waals surface area contributed by atoms with Gasteiger partial charge in [-0.05, 0) is 19.1 Å². The van der Waals surface area contributed by atoms with Crippen LogP contribution in [-0.4, -0.2) is 21.0 Å². The quantitative estimate of drug-likeness (QED) is 0.800. The average molecular weight is 286 g/mol. The minimum atomic E-state index is -0.310. The average Bonchev–Trinajstić information content (AvgIpc) is 3.09. The highest BCUT2D eigenvalue weighted by Crippen LogP contribution is 2.23. The maximum absolute atomic E-state index is 12.0. The number of thiazole rings is 1. The molecule has 0 fully saturated rings. The lowest BCUT2D eigenvalue weighted by Gasteiger charge is -1.96. The molecule has 1 N–H and O–H groups in total. The van der Waals surface area contributed by atoms with Crippen LogP contribution >= 0.6 is 11.3 Å². The molecule has 0 saturated carbocycles. The summed E-state index contributed by atoms with van der Waals surface area (Å²) in [5.41, 5.74) is 1.28. The van der Waals surface area contributed by atoms with E-state index < -0.39 is 0 Å². The van der Waals surface area contributed by atoms with Crippen molar-refractivity contribution >= 4 is 23.1 Å². The Morgan fingerprint density at radius 3 is 2.85 bits per heavy atom. The molecule has 0 atom stereocenters. The zero-order chi connectivity index (χ0) is 13.9. The van der Waals surface area contributed by atoms with Crippen molar-refractivity contribution < 1.29 is 9.32 Å². The van der Waals surface area contributed by atoms with Gasteiger partial charge in [0.2, 0.25) is 0 Å². The molecule has 1 amide bonds. The summed E-state index contributed by atoms with van der Waals surface area (Å²) in [6, 6.07) is 5.34. The van der Waals surface area contributed by atoms with Gasteiger partial charge in [0.1, 0.15) is 16.5 Å². The maximum atomic E-state index is 12.0. The van der Waals surface area contributed by atoms with Crippen LogP contribution in [0, 0.1) is 6.92 Å². The number of aryl methyl sites for hydroxylation is 1. The number of anilines is 1. The van der Waals surface area contributed by atoms with E-state index in [2.05, 4.69) is 20.4 Å². The van der Waals surface area contributed by atoms with Crippen molar-refractivity contribution in [3.8, 4) is 10.6 Å². The van der Waals surface area contributed by atoms with Crippen LogP contribution in [0.25, 0.3) is 10.6 Å². The third-order valence-electron chi connectivity index (χ3n) is 2.53. The van der Waals surface area contributed by atoms with Crippen molar-refractivity contribution in [1.82, 2.24) is 15.1 Å². The van der Waals surface area contributed by atoms with Gasteiger partial charge in [0, 0.05) is 29.4 Å². The Bertz CT molecular complexity index is 736. The van der Waals surface area contributed by atoms with Gasteiger partial charge in [0.25, 0.3) is 5.91 Å². The number of aromatic nitrogens is 3. The van der Waals surface area contributed by atoms with E-state index in [-0.39, 0.29) is 5.91 Å². The second-order valence-electron chi connectivity index (χ2n) is 4.05. The van der Waals surface area contributed by atoms with Crippen LogP contribution in [0.1, 0.15) is 16.2 Å². The molecule has 3 aromatic heterocycles. The zero-order valence-electron chi connectivity index (χ0n) is 10.5. The Morgan fingerprint density at radius 1 is 1.35 bits per heavy atom. The van der Waals surface area contributed by atoms with Crippen molar-refractivity contribution in [1.29, 1.82) is 0 Å². The second kappa shape index (κ2) is 5.22. The van der Waals surface area contributed by atoms with Gasteiger partial charge in [-0.2, -0.15) is 0 Å². The minimum absolute atomic E-state index is 0.310. The summed E-state index contributed by atoms with van der Waals surface area (Å²) in [5.74, 6) is 0.705. The molecule has 7 heteroatoms. The molecule has 0 aromatic carbocycles. The van der Waals surface area contributed by atoms with E-state index in [1.54, 1.807) is 30.8 Å². The van der Waals surface area contributed by atoms with Crippen molar-refractivity contribution in [2.45, 2.75) is 6.92 Å². The van der Waals surface area contributed by atoms with Gasteiger partial charge in [0.05, 0.1) is 0 Å². The summed E-state index contributed by atoms with van der Waals surface area (Å²) in [5, 5.41) is 8.82. The second-order valence-corrected chi connectivity index (χ2v) is 4.91. The van der Waals surface area contributed by atoms with E-state index in [1.807, 2.05) is 12.1 Å². The molecule has 0 aliphatic carbocycles. The smallest absolute Gasteiger partial charge is 0.276 e. The molecule has 0 unspecified atom stereocenters. The third kappa shape index (κ3) is 2.57. The first-order chi connectivity index (χ1) is 9.72. The molecule has 0 aliphatic heterocycles. The predicted octanol–water partition coefficient (Wildman–Crippen LogP) is 2.75. The van der Waals surface area contributed by atoms with E-state index >= 15 is 0 Å². The van der Waals surface area contributed by atoms with Crippen molar-refractivity contribution in [3.63, 3.8) is 0 Å². The molecule has 0 aliphatic rings. The highest BCUT2D eigenvalue weighted by molar-refractivity contribution is 7.13. The lowest BCUT2D eigenvalue weighted by molar-refractivity contribution is 0.102. The molecular weight excluding hydrogens is 276 g/mol. The lowest BCUT2D eigenvalue weighted by Crippen LogP contribution is -2.12. The van der Waals surface area contributed by atoms with Gasteiger partial charge in [-0.3, -0.25) is 9.78 Å². The summed E-state index contributed by atoms with van der Waals surface area (Å²) in [7, 11) is 0. The van der Waals surface area contributed by atoms with Crippen LogP contribution < -0.4 is 5.32 Å². The Morgan fingerprint density at radius 2 is 2.15 bits per heavy atom. The summed E-state index contributed by atoms with van der Waals surface area (Å²) in [6.45, 7) is 1.76. The molecule has 0 bridgehead atoms. The highest BCUT2D eigenvalue weighted by Gasteiger charge is 2.13. The van der Waals surface area contributed by atoms with Crippen molar-refractivity contribution in [2.75, 3.05) is 5.32 Å². The summed E-state index contributed by atoms with van der Waals surface area (Å²) >= 11 is 1.40. The molecule has 0 saturated heterocycles. The van der Waals surface area contributed by atoms with Crippen LogP contribution in [0.2, 0.25) is 0 Å². The maximum Gasteiger partial charge on any atom is 0.276 e. The van der Waals surface area contributed by atoms with Crippen LogP contribution in [0.3, 0.4) is 0 Å². The molecule has 0 spiro atoms.